The van der Waals surface area contributed by atoms with Crippen LogP contribution in [0.2, 0.25) is 0 Å². The molecule has 5 nitrogen and oxygen atoms in total. The second-order valence-corrected chi connectivity index (χ2v) is 5.66. The summed E-state index contributed by atoms with van der Waals surface area (Å²) < 4.78 is 0. The van der Waals surface area contributed by atoms with E-state index in [-0.39, 0.29) is 12.1 Å². The summed E-state index contributed by atoms with van der Waals surface area (Å²) in [6, 6.07) is 6.88. The zero-order valence-electron chi connectivity index (χ0n) is 12.3. The van der Waals surface area contributed by atoms with Gasteiger partial charge in [-0.1, -0.05) is 31.4 Å². The van der Waals surface area contributed by atoms with Crippen molar-refractivity contribution in [3.63, 3.8) is 0 Å². The van der Waals surface area contributed by atoms with Gasteiger partial charge in [0.05, 0.1) is 5.92 Å². The summed E-state index contributed by atoms with van der Waals surface area (Å²) in [6.45, 7) is 1.95. The van der Waals surface area contributed by atoms with E-state index in [1.54, 1.807) is 0 Å². The molecule has 1 aromatic carbocycles. The van der Waals surface area contributed by atoms with Gasteiger partial charge >= 0.3 is 12.0 Å². The van der Waals surface area contributed by atoms with Crippen molar-refractivity contribution < 1.29 is 14.7 Å². The van der Waals surface area contributed by atoms with Gasteiger partial charge in [-0.05, 0) is 37.5 Å². The van der Waals surface area contributed by atoms with Crippen LogP contribution in [0.5, 0.6) is 0 Å². The highest BCUT2D eigenvalue weighted by molar-refractivity contribution is 5.90. The molecule has 0 radical (unpaired) electrons. The molecule has 114 valence electrons. The van der Waals surface area contributed by atoms with E-state index in [0.717, 1.165) is 31.2 Å². The van der Waals surface area contributed by atoms with Crippen LogP contribution in [-0.2, 0) is 4.79 Å². The zero-order chi connectivity index (χ0) is 15.2. The minimum Gasteiger partial charge on any atom is -0.481 e. The summed E-state index contributed by atoms with van der Waals surface area (Å²) in [7, 11) is 0. The van der Waals surface area contributed by atoms with Crippen molar-refractivity contribution in [3.8, 4) is 0 Å². The molecule has 3 N–H and O–H groups in total. The number of carbonyl (C=O) groups is 2. The Hall–Kier alpha value is -2.04. The van der Waals surface area contributed by atoms with Gasteiger partial charge in [0.2, 0.25) is 0 Å². The molecule has 5 heteroatoms. The van der Waals surface area contributed by atoms with Crippen molar-refractivity contribution in [1.82, 2.24) is 5.32 Å². The Morgan fingerprint density at radius 2 is 1.95 bits per heavy atom. The van der Waals surface area contributed by atoms with E-state index in [9.17, 15) is 14.7 Å². The number of aryl methyl sites for hydroxylation is 1. The van der Waals surface area contributed by atoms with Gasteiger partial charge in [-0.25, -0.2) is 4.79 Å². The molecule has 0 bridgehead atoms. The number of carboxylic acid groups (broad SMARTS) is 1. The van der Waals surface area contributed by atoms with Crippen molar-refractivity contribution in [2.75, 3.05) is 5.32 Å². The van der Waals surface area contributed by atoms with Crippen LogP contribution in [0.1, 0.15) is 37.7 Å². The molecule has 1 saturated carbocycles. The molecule has 1 aliphatic rings. The summed E-state index contributed by atoms with van der Waals surface area (Å²) in [6.07, 6.45) is 4.25. The zero-order valence-corrected chi connectivity index (χ0v) is 12.3. The van der Waals surface area contributed by atoms with Crippen LogP contribution in [-0.4, -0.2) is 23.1 Å². The maximum atomic E-state index is 12.1. The van der Waals surface area contributed by atoms with Crippen molar-refractivity contribution in [1.29, 1.82) is 0 Å². The van der Waals surface area contributed by atoms with E-state index in [4.69, 9.17) is 0 Å². The topological polar surface area (TPSA) is 78.4 Å². The first kappa shape index (κ1) is 15.4. The summed E-state index contributed by atoms with van der Waals surface area (Å²) in [5, 5.41) is 14.9. The lowest BCUT2D eigenvalue weighted by Gasteiger charge is -2.23. The molecular weight excluding hydrogens is 268 g/mol. The van der Waals surface area contributed by atoms with Gasteiger partial charge in [-0.15, -0.1) is 0 Å². The summed E-state index contributed by atoms with van der Waals surface area (Å²) >= 11 is 0. The number of nitrogens with one attached hydrogen (secondary N) is 2. The molecule has 0 aliphatic heterocycles. The quantitative estimate of drug-likeness (QED) is 0.748. The highest BCUT2D eigenvalue weighted by atomic mass is 16.4. The Morgan fingerprint density at radius 1 is 1.19 bits per heavy atom. The maximum Gasteiger partial charge on any atom is 0.319 e. The lowest BCUT2D eigenvalue weighted by Crippen LogP contribution is -2.44. The Bertz CT molecular complexity index is 516. The molecule has 0 aromatic heterocycles. The molecule has 2 rings (SSSR count). The van der Waals surface area contributed by atoms with Gasteiger partial charge in [0.15, 0.2) is 0 Å². The molecule has 21 heavy (non-hydrogen) atoms. The lowest BCUT2D eigenvalue weighted by molar-refractivity contribution is -0.142. The van der Waals surface area contributed by atoms with Gasteiger partial charge in [0.25, 0.3) is 0 Å². The van der Waals surface area contributed by atoms with Gasteiger partial charge in [0.1, 0.15) is 0 Å². The molecule has 2 unspecified atom stereocenters. The molecule has 2 atom stereocenters. The van der Waals surface area contributed by atoms with E-state index in [0.29, 0.717) is 12.1 Å². The fraction of sp³-hybridized carbons (Fsp3) is 0.500. The van der Waals surface area contributed by atoms with E-state index in [1.165, 1.54) is 0 Å². The highest BCUT2D eigenvalue weighted by Gasteiger charge is 2.30. The van der Waals surface area contributed by atoms with Crippen molar-refractivity contribution in [2.45, 2.75) is 45.1 Å². The van der Waals surface area contributed by atoms with Crippen molar-refractivity contribution >= 4 is 17.7 Å². The molecule has 1 aliphatic carbocycles. The molecule has 0 saturated heterocycles. The Kier molecular flexibility index (Phi) is 5.20. The predicted molar refractivity (Wildman–Crippen MR) is 81.3 cm³/mol. The first-order valence-corrected chi connectivity index (χ1v) is 7.43. The smallest absolute Gasteiger partial charge is 0.319 e. The maximum absolute atomic E-state index is 12.1. The normalized spacial score (nSPS) is 22.1. The van der Waals surface area contributed by atoms with Gasteiger partial charge in [-0.2, -0.15) is 0 Å². The number of urea groups is 1. The van der Waals surface area contributed by atoms with Gasteiger partial charge in [-0.3, -0.25) is 4.79 Å². The van der Waals surface area contributed by atoms with Crippen LogP contribution >= 0.6 is 0 Å². The van der Waals surface area contributed by atoms with Crippen LogP contribution in [0, 0.1) is 12.8 Å². The van der Waals surface area contributed by atoms with Crippen molar-refractivity contribution in [3.05, 3.63) is 29.8 Å². The van der Waals surface area contributed by atoms with Gasteiger partial charge in [0, 0.05) is 11.7 Å². The number of aliphatic carboxylic acids is 1. The van der Waals surface area contributed by atoms with E-state index >= 15 is 0 Å². The monoisotopic (exact) mass is 290 g/mol. The Labute approximate surface area is 124 Å². The number of hydrogen-bond donors (Lipinski definition) is 3. The first-order chi connectivity index (χ1) is 10.1. The second kappa shape index (κ2) is 7.11. The SMILES string of the molecule is Cc1cccc(NC(=O)NC2CCCCCC2C(=O)O)c1. The Balaban J connectivity index is 1.97. The summed E-state index contributed by atoms with van der Waals surface area (Å²) in [5.41, 5.74) is 1.78. The van der Waals surface area contributed by atoms with Gasteiger partial charge < -0.3 is 15.7 Å². The molecule has 0 spiro atoms. The standard InChI is InChI=1S/C16H22N2O3/c1-11-6-5-7-12(10-11)17-16(21)18-14-9-4-2-3-8-13(14)15(19)20/h5-7,10,13-14H,2-4,8-9H2,1H3,(H,19,20)(H2,17,18,21). The largest absolute Gasteiger partial charge is 0.481 e. The first-order valence-electron chi connectivity index (χ1n) is 7.43. The average Bonchev–Trinajstić information content (AvgIpc) is 2.64. The number of benzene rings is 1. The number of carbonyl (C=O) groups excluding carboxylic acids is 1. The molecule has 0 heterocycles. The third-order valence-electron chi connectivity index (χ3n) is 3.93. The highest BCUT2D eigenvalue weighted by Crippen LogP contribution is 2.24. The molecule has 1 fully saturated rings. The molecular formula is C16H22N2O3. The number of rotatable bonds is 3. The number of carboxylic acids is 1. The van der Waals surface area contributed by atoms with Crippen LogP contribution in [0.15, 0.2) is 24.3 Å². The van der Waals surface area contributed by atoms with Crippen LogP contribution in [0.4, 0.5) is 10.5 Å². The van der Waals surface area contributed by atoms with E-state index in [2.05, 4.69) is 10.6 Å². The third kappa shape index (κ3) is 4.48. The summed E-state index contributed by atoms with van der Waals surface area (Å²) in [5.74, 6) is -1.31. The fourth-order valence-corrected chi connectivity index (χ4v) is 2.83. The van der Waals surface area contributed by atoms with Crippen molar-refractivity contribution in [2.24, 2.45) is 5.92 Å². The van der Waals surface area contributed by atoms with Crippen LogP contribution < -0.4 is 10.6 Å². The third-order valence-corrected chi connectivity index (χ3v) is 3.93. The predicted octanol–water partition coefficient (Wildman–Crippen LogP) is 3.15. The fourth-order valence-electron chi connectivity index (χ4n) is 2.83. The number of hydrogen-bond acceptors (Lipinski definition) is 2. The molecule has 1 aromatic rings. The minimum absolute atomic E-state index is 0.296. The lowest BCUT2D eigenvalue weighted by atomic mass is 9.95. The van der Waals surface area contributed by atoms with Crippen LogP contribution in [0.25, 0.3) is 0 Å². The van der Waals surface area contributed by atoms with E-state index in [1.807, 2.05) is 31.2 Å². The second-order valence-electron chi connectivity index (χ2n) is 5.66. The Morgan fingerprint density at radius 3 is 2.67 bits per heavy atom. The number of anilines is 1. The van der Waals surface area contributed by atoms with E-state index < -0.39 is 11.9 Å². The molecule has 2 amide bonds. The minimum atomic E-state index is -0.822. The average molecular weight is 290 g/mol. The van der Waals surface area contributed by atoms with Crippen LogP contribution in [0.3, 0.4) is 0 Å². The summed E-state index contributed by atoms with van der Waals surface area (Å²) in [4.78, 5) is 23.4. The number of amides is 2.